The lowest BCUT2D eigenvalue weighted by atomic mass is 9.95. The minimum atomic E-state index is -0.155. The van der Waals surface area contributed by atoms with Gasteiger partial charge in [-0.25, -0.2) is 4.98 Å². The third-order valence-electron chi connectivity index (χ3n) is 6.09. The number of nitrogens with zero attached hydrogens (tertiary/aromatic N) is 2. The van der Waals surface area contributed by atoms with E-state index in [1.165, 1.54) is 21.8 Å². The smallest absolute Gasteiger partial charge is 0.268 e. The fraction of sp³-hybridized carbons (Fsp3) is 0.381. The quantitative estimate of drug-likeness (QED) is 0.571. The lowest BCUT2D eigenvalue weighted by Crippen LogP contribution is -2.27. The molecule has 0 aromatic carbocycles. The summed E-state index contributed by atoms with van der Waals surface area (Å²) in [6.45, 7) is 1.82. The van der Waals surface area contributed by atoms with Gasteiger partial charge in [0.25, 0.3) is 11.8 Å². The maximum Gasteiger partial charge on any atom is 0.268 e. The van der Waals surface area contributed by atoms with Gasteiger partial charge in [-0.15, -0.1) is 22.7 Å². The van der Waals surface area contributed by atoms with Crippen molar-refractivity contribution >= 4 is 55.4 Å². The SMILES string of the molecule is CN1CCc2nc3sc4c(c3cc2C1)NC(=O)c1c(sc2c1CCCC2)NC4=O. The van der Waals surface area contributed by atoms with E-state index in [2.05, 4.69) is 28.6 Å². The van der Waals surface area contributed by atoms with Crippen molar-refractivity contribution in [1.82, 2.24) is 9.88 Å². The summed E-state index contributed by atoms with van der Waals surface area (Å²) in [6.07, 6.45) is 5.04. The fourth-order valence-electron chi connectivity index (χ4n) is 4.63. The average molecular weight is 425 g/mol. The van der Waals surface area contributed by atoms with Crippen molar-refractivity contribution in [2.75, 3.05) is 24.2 Å². The number of likely N-dealkylation sites (N-methyl/N-ethyl adjacent to an activating group) is 1. The second-order valence-electron chi connectivity index (χ2n) is 8.06. The molecular weight excluding hydrogens is 404 g/mol. The molecule has 2 amide bonds. The molecule has 2 N–H and O–H groups in total. The van der Waals surface area contributed by atoms with Crippen molar-refractivity contribution in [2.24, 2.45) is 0 Å². The number of pyridine rings is 1. The van der Waals surface area contributed by atoms with Crippen LogP contribution in [0.3, 0.4) is 0 Å². The Bertz CT molecular complexity index is 1210. The first kappa shape index (κ1) is 17.6. The van der Waals surface area contributed by atoms with Gasteiger partial charge in [-0.1, -0.05) is 0 Å². The van der Waals surface area contributed by atoms with E-state index in [1.54, 1.807) is 11.3 Å². The van der Waals surface area contributed by atoms with E-state index in [9.17, 15) is 9.59 Å². The summed E-state index contributed by atoms with van der Waals surface area (Å²) in [6, 6.07) is 2.11. The van der Waals surface area contributed by atoms with Gasteiger partial charge in [-0.05, 0) is 49.9 Å². The summed E-state index contributed by atoms with van der Waals surface area (Å²) in [5, 5.41) is 7.69. The van der Waals surface area contributed by atoms with Gasteiger partial charge in [0, 0.05) is 35.5 Å². The molecule has 5 heterocycles. The van der Waals surface area contributed by atoms with E-state index in [0.29, 0.717) is 21.1 Å². The number of fused-ring (bicyclic) bond motifs is 7. The Morgan fingerprint density at radius 3 is 2.83 bits per heavy atom. The summed E-state index contributed by atoms with van der Waals surface area (Å²) in [4.78, 5) is 36.1. The van der Waals surface area contributed by atoms with Gasteiger partial charge in [0.15, 0.2) is 0 Å². The molecule has 0 atom stereocenters. The van der Waals surface area contributed by atoms with Crippen LogP contribution in [0.15, 0.2) is 6.07 Å². The Morgan fingerprint density at radius 1 is 1.07 bits per heavy atom. The van der Waals surface area contributed by atoms with E-state index >= 15 is 0 Å². The van der Waals surface area contributed by atoms with Crippen LogP contribution < -0.4 is 10.6 Å². The Balaban J connectivity index is 1.51. The number of aromatic nitrogens is 1. The minimum Gasteiger partial charge on any atom is -0.320 e. The first-order valence-corrected chi connectivity index (χ1v) is 11.6. The van der Waals surface area contributed by atoms with E-state index < -0.39 is 0 Å². The highest BCUT2D eigenvalue weighted by molar-refractivity contribution is 7.21. The second kappa shape index (κ2) is 6.35. The number of rotatable bonds is 0. The first-order valence-electron chi connectivity index (χ1n) is 9.99. The molecule has 0 saturated heterocycles. The predicted octanol–water partition coefficient (Wildman–Crippen LogP) is 4.04. The van der Waals surface area contributed by atoms with E-state index in [1.807, 2.05) is 0 Å². The number of carbonyl (C=O) groups excluding carboxylic acids is 2. The van der Waals surface area contributed by atoms with Crippen LogP contribution in [-0.2, 0) is 25.8 Å². The number of anilines is 2. The van der Waals surface area contributed by atoms with Crippen LogP contribution >= 0.6 is 22.7 Å². The molecule has 148 valence electrons. The summed E-state index contributed by atoms with van der Waals surface area (Å²) in [5.41, 5.74) is 4.67. The molecule has 0 radical (unpaired) electrons. The number of thiophene rings is 2. The summed E-state index contributed by atoms with van der Waals surface area (Å²) in [5.74, 6) is -0.270. The minimum absolute atomic E-state index is 0.116. The van der Waals surface area contributed by atoms with Gasteiger partial charge in [0.2, 0.25) is 0 Å². The maximum absolute atomic E-state index is 13.3. The monoisotopic (exact) mass is 424 g/mol. The molecule has 1 aliphatic carbocycles. The lowest BCUT2D eigenvalue weighted by molar-refractivity contribution is 0.102. The lowest BCUT2D eigenvalue weighted by Gasteiger charge is -2.24. The van der Waals surface area contributed by atoms with Crippen molar-refractivity contribution in [1.29, 1.82) is 0 Å². The largest absolute Gasteiger partial charge is 0.320 e. The molecule has 3 aromatic heterocycles. The van der Waals surface area contributed by atoms with Gasteiger partial charge in [-0.2, -0.15) is 0 Å². The van der Waals surface area contributed by atoms with E-state index in [4.69, 9.17) is 4.98 Å². The molecule has 6 nitrogen and oxygen atoms in total. The molecule has 3 aromatic rings. The first-order chi connectivity index (χ1) is 14.1. The Hall–Kier alpha value is -2.29. The Kier molecular flexibility index (Phi) is 3.85. The zero-order chi connectivity index (χ0) is 19.7. The predicted molar refractivity (Wildman–Crippen MR) is 117 cm³/mol. The molecule has 0 bridgehead atoms. The van der Waals surface area contributed by atoms with E-state index in [0.717, 1.165) is 66.7 Å². The third-order valence-corrected chi connectivity index (χ3v) is 8.40. The highest BCUT2D eigenvalue weighted by atomic mass is 32.1. The Morgan fingerprint density at radius 2 is 1.93 bits per heavy atom. The van der Waals surface area contributed by atoms with Gasteiger partial charge < -0.3 is 15.5 Å². The fourth-order valence-corrected chi connectivity index (χ4v) is 6.94. The van der Waals surface area contributed by atoms with Gasteiger partial charge >= 0.3 is 0 Å². The molecule has 2 aliphatic heterocycles. The summed E-state index contributed by atoms with van der Waals surface area (Å²) in [7, 11) is 2.10. The number of aryl methyl sites for hydroxylation is 1. The molecule has 8 heteroatoms. The molecule has 0 unspecified atom stereocenters. The average Bonchev–Trinajstić information content (AvgIpc) is 3.23. The molecule has 0 spiro atoms. The number of hydrogen-bond acceptors (Lipinski definition) is 6. The normalized spacial score (nSPS) is 18.8. The topological polar surface area (TPSA) is 74.3 Å². The van der Waals surface area contributed by atoms with Crippen LogP contribution in [0.5, 0.6) is 0 Å². The van der Waals surface area contributed by atoms with Gasteiger partial charge in [-0.3, -0.25) is 9.59 Å². The van der Waals surface area contributed by atoms with Crippen molar-refractivity contribution in [3.63, 3.8) is 0 Å². The van der Waals surface area contributed by atoms with E-state index in [-0.39, 0.29) is 11.8 Å². The maximum atomic E-state index is 13.3. The van der Waals surface area contributed by atoms with Gasteiger partial charge in [0.1, 0.15) is 14.7 Å². The van der Waals surface area contributed by atoms with Crippen molar-refractivity contribution in [2.45, 2.75) is 38.6 Å². The number of carbonyl (C=O) groups is 2. The standard InChI is InChI=1S/C21H20N4O2S2/c1-25-7-6-13-10(9-25)8-12-16-17(29-20(12)22-13)19(27)24-21-15(18(26)23-16)11-4-2-3-5-14(11)28-21/h8H,2-7,9H2,1H3,(H,23,26)(H,24,27). The summed E-state index contributed by atoms with van der Waals surface area (Å²) < 4.78 is 0. The van der Waals surface area contributed by atoms with Crippen molar-refractivity contribution in [3.8, 4) is 0 Å². The molecule has 0 fully saturated rings. The van der Waals surface area contributed by atoms with Crippen molar-refractivity contribution in [3.05, 3.63) is 38.2 Å². The molecule has 3 aliphatic rings. The van der Waals surface area contributed by atoms with Crippen LogP contribution in [0.4, 0.5) is 10.7 Å². The van der Waals surface area contributed by atoms with Crippen LogP contribution in [0.25, 0.3) is 10.2 Å². The number of amides is 2. The Labute approximate surface area is 175 Å². The number of nitrogens with one attached hydrogen (secondary N) is 2. The van der Waals surface area contributed by atoms with Crippen LogP contribution in [0.1, 0.15) is 54.6 Å². The highest BCUT2D eigenvalue weighted by Gasteiger charge is 2.32. The van der Waals surface area contributed by atoms with Crippen LogP contribution in [0.2, 0.25) is 0 Å². The molecule has 6 rings (SSSR count). The second-order valence-corrected chi connectivity index (χ2v) is 10.2. The molecule has 29 heavy (non-hydrogen) atoms. The zero-order valence-electron chi connectivity index (χ0n) is 16.1. The highest BCUT2D eigenvalue weighted by Crippen LogP contribution is 2.43. The van der Waals surface area contributed by atoms with Crippen molar-refractivity contribution < 1.29 is 9.59 Å². The molecular formula is C21H20N4O2S2. The summed E-state index contributed by atoms with van der Waals surface area (Å²) >= 11 is 2.93. The van der Waals surface area contributed by atoms with Crippen LogP contribution in [-0.4, -0.2) is 35.3 Å². The van der Waals surface area contributed by atoms with Crippen LogP contribution in [0, 0.1) is 0 Å². The third kappa shape index (κ3) is 2.66. The van der Waals surface area contributed by atoms with Gasteiger partial charge in [0.05, 0.1) is 11.3 Å². The zero-order valence-corrected chi connectivity index (χ0v) is 17.7. The molecule has 0 saturated carbocycles. The number of hydrogen-bond donors (Lipinski definition) is 2.